The molecule has 0 saturated heterocycles. The molecule has 0 aromatic carbocycles. The first-order valence-corrected chi connectivity index (χ1v) is 0. The Labute approximate surface area is 2160 Å². The van der Waals surface area contributed by atoms with Gasteiger partial charge in [-0.25, -0.2) is 0 Å². The molecule has 0 spiro atoms. The molecule has 0 aromatic rings. The van der Waals surface area contributed by atoms with E-state index in [4.69, 9.17) is 0 Å². The van der Waals surface area contributed by atoms with Crippen molar-refractivity contribution in [1.29, 1.82) is 0 Å². The molecular weight excluding hydrogens is 10400 g/mol. The minimum atomic E-state index is 0. The molecule has 1058 valence electrons. The zero-order valence-electron chi connectivity index (χ0n) is 31.3. The molecule has 0 aromatic heterocycles. The Morgan fingerprint density at radius 1 is 0.0200 bits per heavy atom. The molecule has 0 rings (SSSR count). The van der Waals surface area contributed by atoms with Gasteiger partial charge in [-0.3, -0.25) is 0 Å². The van der Waals surface area contributed by atoms with Gasteiger partial charge in [-0.1, -0.05) is 0 Å². The molecule has 0 aliphatic carbocycles. The van der Waals surface area contributed by atoms with Crippen LogP contribution in [-0.2, 0) is 2230 Å². The van der Waals surface area contributed by atoms with Crippen molar-refractivity contribution in [2.45, 2.75) is 0 Å². The minimum absolute atomic E-state index is 0. The Balaban J connectivity index is 0. The van der Waals surface area contributed by atoms with Crippen molar-refractivity contribution < 1.29 is 2230 Å². The van der Waals surface area contributed by atoms with E-state index in [0.29, 0.717) is 0 Å². The second kappa shape index (κ2) is 936. The number of hydrogen-bond donors (Lipinski definition) is 0. The van der Waals surface area contributed by atoms with Crippen LogP contribution >= 0.6 is 0 Å². The van der Waals surface area contributed by atoms with E-state index in [1.54, 1.807) is 0 Å². The Morgan fingerprint density at radius 3 is 0.0200 bits per heavy atom. The van der Waals surface area contributed by atoms with Gasteiger partial charge in [0.2, 0.25) is 0 Å². The monoisotopic (exact) mass is 10300 g/mol. The molecule has 0 unspecified atom stereocenters. The summed E-state index contributed by atoms with van der Waals surface area (Å²) in [5.74, 6) is 0. The summed E-state index contributed by atoms with van der Waals surface area (Å²) in [6.07, 6.45) is 0. The zero-order valence-corrected chi connectivity index (χ0v) is 180. The van der Waals surface area contributed by atoms with Crippen LogP contribution in [-0.4, -0.2) is 0 Å². The van der Waals surface area contributed by atoms with E-state index in [1.807, 2.05) is 0 Å². The average molecular weight is 10400 g/mol. The van der Waals surface area contributed by atoms with E-state index in [-0.39, 0.29) is 2230 Å². The van der Waals surface area contributed by atoms with Crippen LogP contribution in [0, 0.1) is 0 Å². The van der Waals surface area contributed by atoms with E-state index in [9.17, 15) is 0 Å². The van der Waals surface area contributed by atoms with Crippen molar-refractivity contribution >= 4 is 0 Å². The molecule has 94 radical (unpaired) electrons. The maximum absolute atomic E-state index is 0. The minimum Gasteiger partial charge on any atom is 0 e. The molecule has 0 fully saturated rings. The maximum Gasteiger partial charge on any atom is 0 e. The smallest absolute Gasteiger partial charge is 0 e. The van der Waals surface area contributed by atoms with Crippen molar-refractivity contribution in [1.82, 2.24) is 0 Å². The van der Waals surface area contributed by atoms with E-state index in [1.165, 1.54) is 0 Å². The molecule has 0 aliphatic heterocycles. The average Bonchev–Trinajstić information content (AvgIpc) is 0. The summed E-state index contributed by atoms with van der Waals surface area (Å²) in [6, 6.07) is 0. The van der Waals surface area contributed by atoms with E-state index >= 15 is 0 Å². The Bertz CT molecular complexity index is 32.7. The number of hydrogen-bond acceptors (Lipinski definition) is 0. The van der Waals surface area contributed by atoms with Gasteiger partial charge in [-0.15, -0.1) is 0 Å². The predicted octanol–water partition coefficient (Wildman–Crippen LogP) is -0.250. The maximum atomic E-state index is 0. The van der Waals surface area contributed by atoms with Crippen LogP contribution in [0.1, 0.15) is 0 Å². The van der Waals surface area contributed by atoms with E-state index < -0.39 is 0 Å². The topological polar surface area (TPSA) is 0 Å². The Hall–Kier alpha value is 73.9. The van der Waals surface area contributed by atoms with Gasteiger partial charge in [0.15, 0.2) is 0 Å². The van der Waals surface area contributed by atoms with Crippen molar-refractivity contribution in [3.05, 3.63) is 0 Å². The van der Waals surface area contributed by atoms with Crippen molar-refractivity contribution in [3.63, 3.8) is 0 Å². The van der Waals surface area contributed by atoms with Gasteiger partial charge in [0.25, 0.3) is 0 Å². The van der Waals surface area contributed by atoms with Gasteiger partial charge in [0.1, 0.15) is 0 Å². The summed E-state index contributed by atoms with van der Waals surface area (Å²) in [4.78, 5) is 0. The third kappa shape index (κ3) is 920. The summed E-state index contributed by atoms with van der Waals surface area (Å²) in [7, 11) is 0. The molecule has 100 heavy (non-hydrogen) atoms. The molecule has 0 heterocycles. The Kier molecular flexibility index (Phi) is 8910. The molecule has 0 amide bonds. The summed E-state index contributed by atoms with van der Waals surface area (Å²) >= 11 is 0. The van der Waals surface area contributed by atoms with Crippen LogP contribution in [0.5, 0.6) is 0 Å². The van der Waals surface area contributed by atoms with Crippen molar-refractivity contribution in [3.8, 4) is 0 Å². The largest absolute Gasteiger partial charge is 0 e. The fourth-order valence-corrected chi connectivity index (χ4v) is 0. The molecular formula is Ag94Ti6. The summed E-state index contributed by atoms with van der Waals surface area (Å²) in [6.45, 7) is 0. The fourth-order valence-electron chi connectivity index (χ4n) is 0. The van der Waals surface area contributed by atoms with Crippen LogP contribution in [0.2, 0.25) is 0 Å². The molecule has 0 aliphatic rings. The van der Waals surface area contributed by atoms with Gasteiger partial charge in [-0.2, -0.15) is 0 Å². The second-order valence-electron chi connectivity index (χ2n) is 0. The van der Waals surface area contributed by atoms with Gasteiger partial charge in [0.05, 0.1) is 0 Å². The SMILES string of the molecule is [Ag].[Ag].[Ag].[Ag].[Ag].[Ag].[Ag].[Ag].[Ag].[Ag].[Ag].[Ag].[Ag].[Ag].[Ag].[Ag].[Ag].[Ag].[Ag].[Ag].[Ag].[Ag].[Ag].[Ag].[Ag].[Ag].[Ag].[Ag].[Ag].[Ag].[Ag].[Ag].[Ag].[Ag].[Ag].[Ag].[Ag].[Ag].[Ag].[Ag].[Ag].[Ag].[Ag].[Ag].[Ag].[Ag].[Ag].[Ag].[Ag].[Ag].[Ag].[Ag].[Ag].[Ag].[Ag].[Ag].[Ag].[Ag].[Ag].[Ag].[Ag].[Ag].[Ag].[Ag].[Ag].[Ag].[Ag].[Ag].[Ag].[Ag].[Ag].[Ag].[Ag].[Ag].[Ag].[Ag].[Ag].[Ag].[Ag].[Ag].[Ag].[Ag].[Ag].[Ag].[Ag].[Ag].[Ag].[Ag].[Ag].[Ag].[Ag].[Ag].[Ag].[Ag].[Ti].[Ti].[Ti].[Ti].[Ti].[Ti]. The molecule has 0 saturated carbocycles. The summed E-state index contributed by atoms with van der Waals surface area (Å²) in [5, 5.41) is 0. The standard InChI is InChI=1S/94Ag.6Ti. The fraction of sp³-hybridized carbons (Fsp3) is 0. The molecule has 0 bridgehead atoms. The molecule has 100 heteroatoms. The first-order chi connectivity index (χ1) is 0. The third-order valence-corrected chi connectivity index (χ3v) is 0. The normalized spacial score (nSPS) is 0. The van der Waals surface area contributed by atoms with Crippen LogP contribution < -0.4 is 0 Å². The van der Waals surface area contributed by atoms with Crippen LogP contribution in [0.15, 0.2) is 0 Å². The van der Waals surface area contributed by atoms with Crippen molar-refractivity contribution in [2.75, 3.05) is 0 Å². The van der Waals surface area contributed by atoms with Crippen LogP contribution in [0.4, 0.5) is 0 Å². The third-order valence-electron chi connectivity index (χ3n) is 0. The van der Waals surface area contributed by atoms with Crippen LogP contribution in [0.25, 0.3) is 0 Å². The van der Waals surface area contributed by atoms with Crippen LogP contribution in [0.3, 0.4) is 0 Å². The van der Waals surface area contributed by atoms with Gasteiger partial charge in [0, 0.05) is 2230 Å². The Morgan fingerprint density at radius 2 is 0.0200 bits per heavy atom. The molecule has 0 N–H and O–H groups in total. The van der Waals surface area contributed by atoms with Gasteiger partial charge >= 0.3 is 0 Å². The summed E-state index contributed by atoms with van der Waals surface area (Å²) < 4.78 is 0. The second-order valence-corrected chi connectivity index (χ2v) is 0. The zero-order chi connectivity index (χ0) is 0. The van der Waals surface area contributed by atoms with E-state index in [0.717, 1.165) is 0 Å². The van der Waals surface area contributed by atoms with Gasteiger partial charge < -0.3 is 0 Å². The number of rotatable bonds is 0. The predicted molar refractivity (Wildman–Crippen MR) is 0 cm³/mol. The van der Waals surface area contributed by atoms with Gasteiger partial charge in [-0.05, 0) is 0 Å². The molecule has 0 atom stereocenters. The quantitative estimate of drug-likeness (QED) is 0.295. The van der Waals surface area contributed by atoms with E-state index in [2.05, 4.69) is 0 Å². The van der Waals surface area contributed by atoms with Crippen molar-refractivity contribution in [2.24, 2.45) is 0 Å². The first-order valence-electron chi connectivity index (χ1n) is 0. The first kappa shape index (κ1) is 952. The molecule has 0 nitrogen and oxygen atoms in total. The summed E-state index contributed by atoms with van der Waals surface area (Å²) in [5.41, 5.74) is 0.